The first-order valence-electron chi connectivity index (χ1n) is 11.3. The normalized spacial score (nSPS) is 11.4. The summed E-state index contributed by atoms with van der Waals surface area (Å²) >= 11 is 5.85. The molecule has 4 aromatic rings. The average molecular weight is 576 g/mol. The van der Waals surface area contributed by atoms with E-state index in [0.717, 1.165) is 24.3 Å². The number of hydrogen-bond donors (Lipinski definition) is 2. The Morgan fingerprint density at radius 1 is 0.800 bits per heavy atom. The Balaban J connectivity index is 1.67. The Bertz CT molecular complexity index is 1600. The lowest BCUT2D eigenvalue weighted by Gasteiger charge is -2.16. The van der Waals surface area contributed by atoms with Crippen LogP contribution in [0.5, 0.6) is 11.5 Å². The number of hydrogen-bond acceptors (Lipinski definition) is 3. The maximum absolute atomic E-state index is 13.4. The van der Waals surface area contributed by atoms with Gasteiger partial charge in [0.15, 0.2) is 0 Å². The number of halogens is 7. The maximum atomic E-state index is 13.4. The largest absolute Gasteiger partial charge is 0.573 e. The average Bonchev–Trinajstić information content (AvgIpc) is 2.88. The van der Waals surface area contributed by atoms with Gasteiger partial charge < -0.3 is 15.2 Å². The van der Waals surface area contributed by atoms with Crippen LogP contribution in [-0.2, 0) is 6.18 Å². The quantitative estimate of drug-likeness (QED) is 0.190. The van der Waals surface area contributed by atoms with E-state index in [2.05, 4.69) is 21.9 Å². The SMILES string of the molecule is O=C(Nc1cc(C(F)(F)F)ccc1-c1ccc(OC(F)(F)F)cc1)c1cc(C#Cc2ccc(Cl)cc2)ccc1O. The minimum Gasteiger partial charge on any atom is -0.507 e. The van der Waals surface area contributed by atoms with Gasteiger partial charge in [0, 0.05) is 27.4 Å². The summed E-state index contributed by atoms with van der Waals surface area (Å²) in [7, 11) is 0. The lowest BCUT2D eigenvalue weighted by molar-refractivity contribution is -0.274. The van der Waals surface area contributed by atoms with Crippen molar-refractivity contribution >= 4 is 23.2 Å². The van der Waals surface area contributed by atoms with Crippen LogP contribution in [0.2, 0.25) is 5.02 Å². The smallest absolute Gasteiger partial charge is 0.507 e. The van der Waals surface area contributed by atoms with Crippen LogP contribution in [-0.4, -0.2) is 17.4 Å². The second-order valence-corrected chi connectivity index (χ2v) is 8.71. The molecule has 2 N–H and O–H groups in total. The molecule has 0 aliphatic rings. The Morgan fingerprint density at radius 2 is 1.43 bits per heavy atom. The number of rotatable bonds is 4. The summed E-state index contributed by atoms with van der Waals surface area (Å²) in [6.07, 6.45) is -9.67. The minimum absolute atomic E-state index is 0.0816. The molecule has 0 radical (unpaired) electrons. The van der Waals surface area contributed by atoms with Crippen molar-refractivity contribution in [2.45, 2.75) is 12.5 Å². The van der Waals surface area contributed by atoms with Crippen molar-refractivity contribution in [2.75, 3.05) is 5.32 Å². The van der Waals surface area contributed by atoms with Gasteiger partial charge in [-0.05, 0) is 72.3 Å². The van der Waals surface area contributed by atoms with Crippen molar-refractivity contribution in [3.63, 3.8) is 0 Å². The fourth-order valence-corrected chi connectivity index (χ4v) is 3.70. The molecular weight excluding hydrogens is 560 g/mol. The van der Waals surface area contributed by atoms with Gasteiger partial charge in [-0.15, -0.1) is 13.2 Å². The summed E-state index contributed by atoms with van der Waals surface area (Å²) in [4.78, 5) is 13.1. The van der Waals surface area contributed by atoms with Crippen molar-refractivity contribution < 1.29 is 41.0 Å². The number of anilines is 1. The summed E-state index contributed by atoms with van der Waals surface area (Å²) in [6.45, 7) is 0. The number of nitrogens with one attached hydrogen (secondary N) is 1. The minimum atomic E-state index is -4.93. The van der Waals surface area contributed by atoms with E-state index >= 15 is 0 Å². The summed E-state index contributed by atoms with van der Waals surface area (Å²) in [5, 5.41) is 13.2. The van der Waals surface area contributed by atoms with Crippen LogP contribution >= 0.6 is 11.6 Å². The Morgan fingerprint density at radius 3 is 2.05 bits per heavy atom. The zero-order chi connectivity index (χ0) is 29.1. The van der Waals surface area contributed by atoms with E-state index in [1.807, 2.05) is 0 Å². The molecule has 0 aliphatic carbocycles. The van der Waals surface area contributed by atoms with E-state index in [4.69, 9.17) is 11.6 Å². The van der Waals surface area contributed by atoms with Crippen LogP contribution in [0, 0.1) is 11.8 Å². The molecule has 40 heavy (non-hydrogen) atoms. The number of ether oxygens (including phenoxy) is 1. The first kappa shape index (κ1) is 28.4. The molecule has 1 amide bonds. The lowest BCUT2D eigenvalue weighted by Crippen LogP contribution is -2.17. The Hall–Kier alpha value is -4.62. The fraction of sp³-hybridized carbons (Fsp3) is 0.0690. The molecular formula is C29H16ClF6NO3. The first-order valence-corrected chi connectivity index (χ1v) is 11.7. The van der Waals surface area contributed by atoms with Crippen LogP contribution in [0.15, 0.2) is 84.9 Å². The van der Waals surface area contributed by atoms with E-state index < -0.39 is 35.5 Å². The highest BCUT2D eigenvalue weighted by atomic mass is 35.5. The predicted molar refractivity (Wildman–Crippen MR) is 137 cm³/mol. The maximum Gasteiger partial charge on any atom is 0.573 e. The van der Waals surface area contributed by atoms with Crippen LogP contribution in [0.3, 0.4) is 0 Å². The van der Waals surface area contributed by atoms with Crippen LogP contribution < -0.4 is 10.1 Å². The van der Waals surface area contributed by atoms with E-state index in [9.17, 15) is 36.2 Å². The Labute approximate surface area is 228 Å². The van der Waals surface area contributed by atoms with E-state index in [1.54, 1.807) is 24.3 Å². The molecule has 4 aromatic carbocycles. The second kappa shape index (κ2) is 11.2. The van der Waals surface area contributed by atoms with Crippen molar-refractivity contribution in [2.24, 2.45) is 0 Å². The molecule has 0 aliphatic heterocycles. The molecule has 4 rings (SSSR count). The second-order valence-electron chi connectivity index (χ2n) is 8.27. The van der Waals surface area contributed by atoms with Gasteiger partial charge >= 0.3 is 12.5 Å². The van der Waals surface area contributed by atoms with E-state index in [-0.39, 0.29) is 22.4 Å². The molecule has 0 heterocycles. The third kappa shape index (κ3) is 7.27. The van der Waals surface area contributed by atoms with Crippen LogP contribution in [0.25, 0.3) is 11.1 Å². The van der Waals surface area contributed by atoms with Crippen molar-refractivity contribution in [1.29, 1.82) is 0 Å². The molecule has 4 nitrogen and oxygen atoms in total. The number of phenolic OH excluding ortho intramolecular Hbond substituents is 1. The zero-order valence-corrected chi connectivity index (χ0v) is 20.7. The highest BCUT2D eigenvalue weighted by Crippen LogP contribution is 2.37. The molecule has 204 valence electrons. The molecule has 0 spiro atoms. The number of carbonyl (C=O) groups excluding carboxylic acids is 1. The van der Waals surface area contributed by atoms with Gasteiger partial charge in [0.25, 0.3) is 5.91 Å². The third-order valence-corrected chi connectivity index (χ3v) is 5.68. The summed E-state index contributed by atoms with van der Waals surface area (Å²) in [5.41, 5.74) is -0.383. The van der Waals surface area contributed by atoms with Crippen LogP contribution in [0.4, 0.5) is 32.0 Å². The van der Waals surface area contributed by atoms with Gasteiger partial charge in [-0.1, -0.05) is 41.6 Å². The molecule has 0 atom stereocenters. The molecule has 0 saturated heterocycles. The predicted octanol–water partition coefficient (Wildman–Crippen LogP) is 8.28. The third-order valence-electron chi connectivity index (χ3n) is 5.43. The van der Waals surface area contributed by atoms with Gasteiger partial charge in [0.1, 0.15) is 11.5 Å². The topological polar surface area (TPSA) is 58.6 Å². The molecule has 0 saturated carbocycles. The Kier molecular flexibility index (Phi) is 7.98. The van der Waals surface area contributed by atoms with E-state index in [0.29, 0.717) is 22.2 Å². The van der Waals surface area contributed by atoms with Crippen molar-refractivity contribution in [1.82, 2.24) is 0 Å². The number of carbonyl (C=O) groups is 1. The fourth-order valence-electron chi connectivity index (χ4n) is 3.57. The number of amides is 1. The van der Waals surface area contributed by atoms with E-state index in [1.165, 1.54) is 30.3 Å². The van der Waals surface area contributed by atoms with Gasteiger partial charge in [-0.25, -0.2) is 0 Å². The van der Waals surface area contributed by atoms with Gasteiger partial charge in [0.2, 0.25) is 0 Å². The molecule has 0 unspecified atom stereocenters. The van der Waals surface area contributed by atoms with Gasteiger partial charge in [-0.3, -0.25) is 4.79 Å². The molecule has 0 fully saturated rings. The highest BCUT2D eigenvalue weighted by Gasteiger charge is 2.32. The highest BCUT2D eigenvalue weighted by molar-refractivity contribution is 6.30. The summed E-state index contributed by atoms with van der Waals surface area (Å²) < 4.78 is 81.6. The number of benzene rings is 4. The number of aromatic hydroxyl groups is 1. The molecule has 0 aromatic heterocycles. The molecule has 0 bridgehead atoms. The monoisotopic (exact) mass is 575 g/mol. The lowest BCUT2D eigenvalue weighted by atomic mass is 10.0. The first-order chi connectivity index (χ1) is 18.8. The van der Waals surface area contributed by atoms with Gasteiger partial charge in [-0.2, -0.15) is 13.2 Å². The summed E-state index contributed by atoms with van der Waals surface area (Å²) in [5.74, 6) is 3.78. The number of phenols is 1. The standard InChI is InChI=1S/C29H16ClF6NO3/c30-21-9-3-17(4-10-21)1-2-18-5-14-26(38)24(15-18)27(39)37-25-16-20(28(31,32)33)8-13-23(25)19-6-11-22(12-7-19)40-29(34,35)36/h3-16,38H,(H,37,39). The van der Waals surface area contributed by atoms with Crippen molar-refractivity contribution in [3.8, 4) is 34.5 Å². The summed E-state index contributed by atoms with van der Waals surface area (Å²) in [6, 6.07) is 17.5. The zero-order valence-electron chi connectivity index (χ0n) is 20.0. The van der Waals surface area contributed by atoms with Crippen LogP contribution in [0.1, 0.15) is 27.0 Å². The van der Waals surface area contributed by atoms with Crippen molar-refractivity contribution in [3.05, 3.63) is 112 Å². The molecule has 11 heteroatoms. The number of alkyl halides is 6. The van der Waals surface area contributed by atoms with Gasteiger partial charge in [0.05, 0.1) is 11.1 Å².